The topological polar surface area (TPSA) is 86.7 Å². The molecule has 3 atom stereocenters. The summed E-state index contributed by atoms with van der Waals surface area (Å²) in [6.45, 7) is 7.54. The summed E-state index contributed by atoms with van der Waals surface area (Å²) >= 11 is 4.05. The predicted octanol–water partition coefficient (Wildman–Crippen LogP) is 6.61. The van der Waals surface area contributed by atoms with Gasteiger partial charge in [-0.05, 0) is 65.1 Å². The molecule has 0 bridgehead atoms. The number of benzene rings is 2. The Balaban J connectivity index is 1.48. The molecule has 3 aliphatic rings. The Kier molecular flexibility index (Phi) is 8.65. The molecule has 4 aromatic rings. The van der Waals surface area contributed by atoms with Gasteiger partial charge >= 0.3 is 17.7 Å². The molecule has 9 nitrogen and oxygen atoms in total. The van der Waals surface area contributed by atoms with Crippen LogP contribution in [-0.2, 0) is 17.5 Å². The molecular formula is C34H28BrF5N7O2S+. The van der Waals surface area contributed by atoms with E-state index < -0.39 is 58.2 Å². The van der Waals surface area contributed by atoms with E-state index in [1.54, 1.807) is 53.0 Å². The van der Waals surface area contributed by atoms with Crippen molar-refractivity contribution < 1.29 is 31.4 Å². The minimum atomic E-state index is -4.99. The van der Waals surface area contributed by atoms with E-state index >= 15 is 17.6 Å². The van der Waals surface area contributed by atoms with Gasteiger partial charge in [0.15, 0.2) is 0 Å². The predicted molar refractivity (Wildman–Crippen MR) is 184 cm³/mol. The van der Waals surface area contributed by atoms with Crippen LogP contribution in [0.1, 0.15) is 25.0 Å². The standard InChI is InChI=1S/C34H28BrF5N7O2S/c1-4-27(48)47-17(2)12-44(13-18(47)3)32-22-8-23(34(38,39)40)28(21-9-24(35)26(37)10-25(21)36)30-29(22)45(33(49)43-32)14-19(16-50-30)15-46-31-20(11-42-46)6-5-7-41-31/h4-11,15,17-19H,1,12-14,16H2,2-3H3/q+1/b46-15-/t17-,18+,19?. The van der Waals surface area contributed by atoms with Crippen molar-refractivity contribution in [1.82, 2.24) is 19.4 Å². The van der Waals surface area contributed by atoms with Gasteiger partial charge in [0.05, 0.1) is 27.3 Å². The minimum Gasteiger partial charge on any atom is -0.352 e. The van der Waals surface area contributed by atoms with Gasteiger partial charge < -0.3 is 9.80 Å². The average molecular weight is 774 g/mol. The second-order valence-electron chi connectivity index (χ2n) is 12.4. The molecule has 2 aromatic heterocycles. The first-order chi connectivity index (χ1) is 23.8. The fourth-order valence-electron chi connectivity index (χ4n) is 6.94. The van der Waals surface area contributed by atoms with Crippen LogP contribution in [0, 0.1) is 17.6 Å². The molecular weight excluding hydrogens is 745 g/mol. The van der Waals surface area contributed by atoms with E-state index in [4.69, 9.17) is 0 Å². The van der Waals surface area contributed by atoms with Gasteiger partial charge in [-0.15, -0.1) is 16.4 Å². The number of rotatable bonds is 4. The first-order valence-electron chi connectivity index (χ1n) is 15.6. The number of hydrogen-bond acceptors (Lipinski definition) is 7. The number of amides is 1. The fourth-order valence-corrected chi connectivity index (χ4v) is 8.58. The quantitative estimate of drug-likeness (QED) is 0.101. The molecule has 258 valence electrons. The summed E-state index contributed by atoms with van der Waals surface area (Å²) in [6.07, 6.45) is 1.21. The molecule has 16 heteroatoms. The van der Waals surface area contributed by atoms with Crippen molar-refractivity contribution in [2.45, 2.75) is 43.5 Å². The Bertz CT molecular complexity index is 2210. The molecule has 1 fully saturated rings. The number of nitrogens with zero attached hydrogens (tertiary/aromatic N) is 7. The van der Waals surface area contributed by atoms with Gasteiger partial charge in [0.25, 0.3) is 0 Å². The Morgan fingerprint density at radius 1 is 1.12 bits per heavy atom. The van der Waals surface area contributed by atoms with Crippen molar-refractivity contribution in [3.63, 3.8) is 0 Å². The molecule has 1 saturated heterocycles. The van der Waals surface area contributed by atoms with Gasteiger partial charge in [-0.3, -0.25) is 9.36 Å². The van der Waals surface area contributed by atoms with Crippen molar-refractivity contribution in [3.05, 3.63) is 86.9 Å². The number of carbonyl (C=O) groups is 1. The van der Waals surface area contributed by atoms with Gasteiger partial charge in [0.1, 0.15) is 29.9 Å². The Labute approximate surface area is 294 Å². The third-order valence-corrected chi connectivity index (χ3v) is 10.9. The molecule has 0 N–H and O–H groups in total. The van der Waals surface area contributed by atoms with Gasteiger partial charge in [-0.25, -0.2) is 13.6 Å². The molecule has 50 heavy (non-hydrogen) atoms. The van der Waals surface area contributed by atoms with Crippen LogP contribution in [0.15, 0.2) is 68.4 Å². The van der Waals surface area contributed by atoms with E-state index in [-0.39, 0.29) is 57.4 Å². The number of hydrogen-bond donors (Lipinski definition) is 0. The summed E-state index contributed by atoms with van der Waals surface area (Å²) in [5, 5.41) is 4.44. The number of anilines is 1. The maximum absolute atomic E-state index is 15.6. The van der Waals surface area contributed by atoms with E-state index in [0.29, 0.717) is 11.9 Å². The van der Waals surface area contributed by atoms with Crippen molar-refractivity contribution in [2.24, 2.45) is 11.0 Å². The maximum Gasteiger partial charge on any atom is 0.417 e. The lowest BCUT2D eigenvalue weighted by Gasteiger charge is -2.44. The average Bonchev–Trinajstić information content (AvgIpc) is 3.36. The minimum absolute atomic E-state index is 0.00824. The molecule has 0 aliphatic carbocycles. The molecule has 1 unspecified atom stereocenters. The summed E-state index contributed by atoms with van der Waals surface area (Å²) in [5.41, 5.74) is -1.94. The summed E-state index contributed by atoms with van der Waals surface area (Å²) in [4.78, 5) is 38.8. The lowest BCUT2D eigenvalue weighted by molar-refractivity contribution is -0.442. The SMILES string of the molecule is C=CC(=O)N1[C@H](C)CN(c2nc(=O)n3c4c(c(-c5cc(Br)c(F)cc5F)c(C(F)(F)F)cc24)SCC(/C=[N+]2\N=Cc4cccnc42)C3)C[C@@H]1C. The third-order valence-electron chi connectivity index (χ3n) is 9.00. The van der Waals surface area contributed by atoms with Crippen LogP contribution >= 0.6 is 27.7 Å². The number of thioether (sulfide) groups is 1. The fraction of sp³-hybridized carbons (Fsp3) is 0.294. The molecule has 0 radical (unpaired) electrons. The number of piperazine rings is 1. The summed E-state index contributed by atoms with van der Waals surface area (Å²) in [5.74, 6) is -2.17. The first-order valence-corrected chi connectivity index (χ1v) is 17.3. The zero-order chi connectivity index (χ0) is 35.6. The highest BCUT2D eigenvalue weighted by Gasteiger charge is 2.40. The lowest BCUT2D eigenvalue weighted by atomic mass is 9.95. The zero-order valence-electron chi connectivity index (χ0n) is 26.6. The summed E-state index contributed by atoms with van der Waals surface area (Å²) in [6, 6.07) is 5.23. The van der Waals surface area contributed by atoms with Crippen molar-refractivity contribution in [2.75, 3.05) is 23.7 Å². The first kappa shape index (κ1) is 34.0. The van der Waals surface area contributed by atoms with E-state index in [2.05, 4.69) is 37.6 Å². The van der Waals surface area contributed by atoms with Crippen LogP contribution < -0.4 is 10.6 Å². The smallest absolute Gasteiger partial charge is 0.352 e. The number of carbonyl (C=O) groups excluding carboxylic acids is 1. The Morgan fingerprint density at radius 3 is 2.56 bits per heavy atom. The van der Waals surface area contributed by atoms with Crippen LogP contribution in [0.4, 0.5) is 33.6 Å². The number of fused-ring (bicyclic) bond motifs is 1. The summed E-state index contributed by atoms with van der Waals surface area (Å²) in [7, 11) is 0. The van der Waals surface area contributed by atoms with Gasteiger partial charge in [0, 0.05) is 70.9 Å². The molecule has 5 heterocycles. The number of halogens is 6. The Morgan fingerprint density at radius 2 is 1.86 bits per heavy atom. The van der Waals surface area contributed by atoms with Crippen LogP contribution in [0.3, 0.4) is 0 Å². The van der Waals surface area contributed by atoms with Gasteiger partial charge in [-0.1, -0.05) is 11.7 Å². The summed E-state index contributed by atoms with van der Waals surface area (Å²) < 4.78 is 78.0. The van der Waals surface area contributed by atoms with Gasteiger partial charge in [0.2, 0.25) is 5.91 Å². The molecule has 0 saturated carbocycles. The van der Waals surface area contributed by atoms with E-state index in [0.717, 1.165) is 29.5 Å². The van der Waals surface area contributed by atoms with Crippen molar-refractivity contribution in [1.29, 1.82) is 0 Å². The normalized spacial score (nSPS) is 21.1. The number of aromatic nitrogens is 3. The number of pyridine rings is 1. The molecule has 3 aliphatic heterocycles. The molecule has 1 amide bonds. The lowest BCUT2D eigenvalue weighted by Crippen LogP contribution is -2.58. The zero-order valence-corrected chi connectivity index (χ0v) is 29.0. The van der Waals surface area contributed by atoms with Crippen LogP contribution in [0.2, 0.25) is 0 Å². The van der Waals surface area contributed by atoms with Crippen LogP contribution in [0.5, 0.6) is 0 Å². The van der Waals surface area contributed by atoms with Gasteiger partial charge in [-0.2, -0.15) is 18.2 Å². The van der Waals surface area contributed by atoms with Crippen LogP contribution in [-0.4, -0.2) is 73.4 Å². The number of hydrazone groups is 1. The second-order valence-corrected chi connectivity index (χ2v) is 14.3. The molecule has 0 spiro atoms. The van der Waals surface area contributed by atoms with E-state index in [1.165, 1.54) is 10.6 Å². The highest BCUT2D eigenvalue weighted by Crippen LogP contribution is 2.49. The Hall–Kier alpha value is -4.44. The highest BCUT2D eigenvalue weighted by atomic mass is 79.9. The highest BCUT2D eigenvalue weighted by molar-refractivity contribution is 9.10. The van der Waals surface area contributed by atoms with Crippen molar-refractivity contribution in [3.8, 4) is 11.1 Å². The molecule has 2 aromatic carbocycles. The third kappa shape index (κ3) is 5.81. The van der Waals surface area contributed by atoms with Crippen molar-refractivity contribution >= 4 is 68.6 Å². The monoisotopic (exact) mass is 772 g/mol. The van der Waals surface area contributed by atoms with E-state index in [1.807, 2.05) is 6.07 Å². The number of alkyl halides is 3. The van der Waals surface area contributed by atoms with E-state index in [9.17, 15) is 14.0 Å². The largest absolute Gasteiger partial charge is 0.417 e. The molecule has 7 rings (SSSR count). The maximum atomic E-state index is 15.6. The second kappa shape index (κ2) is 12.7. The van der Waals surface area contributed by atoms with Crippen LogP contribution in [0.25, 0.3) is 22.0 Å².